The zero-order chi connectivity index (χ0) is 24.5. The molecule has 2 unspecified atom stereocenters. The van der Waals surface area contributed by atoms with Crippen LogP contribution in [0.1, 0.15) is 69.6 Å². The van der Waals surface area contributed by atoms with Crippen LogP contribution in [0.2, 0.25) is 0 Å². The summed E-state index contributed by atoms with van der Waals surface area (Å²) in [6, 6.07) is 6.10. The second kappa shape index (κ2) is 13.0. The van der Waals surface area contributed by atoms with Crippen molar-refractivity contribution in [3.63, 3.8) is 0 Å². The molecule has 1 saturated heterocycles. The highest BCUT2D eigenvalue weighted by Crippen LogP contribution is 2.24. The van der Waals surface area contributed by atoms with Crippen molar-refractivity contribution in [2.24, 2.45) is 4.99 Å². The number of allylic oxidation sites excluding steroid dienone is 1. The van der Waals surface area contributed by atoms with Crippen LogP contribution in [0.3, 0.4) is 0 Å². The number of hydrogen-bond acceptors (Lipinski definition) is 6. The van der Waals surface area contributed by atoms with E-state index in [1.165, 1.54) is 5.56 Å². The molecule has 186 valence electrons. The molecule has 34 heavy (non-hydrogen) atoms. The number of benzene rings is 1. The van der Waals surface area contributed by atoms with E-state index in [0.29, 0.717) is 43.7 Å². The maximum absolute atomic E-state index is 13.3. The van der Waals surface area contributed by atoms with E-state index in [1.54, 1.807) is 13.0 Å². The second-order valence-corrected chi connectivity index (χ2v) is 9.33. The minimum Gasteiger partial charge on any atom is -0.379 e. The van der Waals surface area contributed by atoms with Gasteiger partial charge in [-0.3, -0.25) is 9.89 Å². The summed E-state index contributed by atoms with van der Waals surface area (Å²) in [6.45, 7) is 10.3. The Balaban J connectivity index is 1.82. The molecule has 1 aromatic rings. The summed E-state index contributed by atoms with van der Waals surface area (Å²) in [5, 5.41) is 16.2. The van der Waals surface area contributed by atoms with Gasteiger partial charge in [-0.05, 0) is 49.8 Å². The predicted octanol–water partition coefficient (Wildman–Crippen LogP) is 5.48. The van der Waals surface area contributed by atoms with Gasteiger partial charge >= 0.3 is 0 Å². The Morgan fingerprint density at radius 3 is 2.68 bits per heavy atom. The third-order valence-electron chi connectivity index (χ3n) is 6.48. The van der Waals surface area contributed by atoms with Crippen LogP contribution in [0, 0.1) is 10.8 Å². The fraction of sp³-hybridized carbons (Fsp3) is 0.593. The molecular weight excluding hydrogens is 431 g/mol. The number of rotatable bonds is 11. The van der Waals surface area contributed by atoms with E-state index in [2.05, 4.69) is 23.1 Å². The van der Waals surface area contributed by atoms with E-state index in [1.807, 2.05) is 13.8 Å². The molecule has 6 nitrogen and oxygen atoms in total. The Labute approximate surface area is 203 Å². The summed E-state index contributed by atoms with van der Waals surface area (Å²) in [5.74, 6) is -0.0283. The highest BCUT2D eigenvalue weighted by Gasteiger charge is 2.19. The van der Waals surface area contributed by atoms with Gasteiger partial charge in [-0.25, -0.2) is 4.39 Å². The van der Waals surface area contributed by atoms with Crippen molar-refractivity contribution in [1.82, 2.24) is 4.90 Å². The average molecular weight is 471 g/mol. The van der Waals surface area contributed by atoms with Crippen molar-refractivity contribution in [3.8, 4) is 0 Å². The third kappa shape index (κ3) is 7.93. The molecule has 0 radical (unpaired) electrons. The lowest BCUT2D eigenvalue weighted by molar-refractivity contribution is 0.0314. The summed E-state index contributed by atoms with van der Waals surface area (Å²) >= 11 is 0. The van der Waals surface area contributed by atoms with Crippen molar-refractivity contribution >= 4 is 17.1 Å². The predicted molar refractivity (Wildman–Crippen MR) is 136 cm³/mol. The molecule has 0 aromatic heterocycles. The Hall–Kier alpha value is -2.22. The monoisotopic (exact) mass is 470 g/mol. The zero-order valence-corrected chi connectivity index (χ0v) is 20.8. The highest BCUT2D eigenvalue weighted by atomic mass is 19.1. The van der Waals surface area contributed by atoms with Crippen LogP contribution in [0.25, 0.3) is 0 Å². The molecule has 0 bridgehead atoms. The first-order chi connectivity index (χ1) is 16.4. The first kappa shape index (κ1) is 26.4. The fourth-order valence-electron chi connectivity index (χ4n) is 4.44. The molecular formula is C27H39FN4O2. The lowest BCUT2D eigenvalue weighted by atomic mass is 9.98. The summed E-state index contributed by atoms with van der Waals surface area (Å²) in [4.78, 5) is 7.29. The van der Waals surface area contributed by atoms with E-state index in [-0.39, 0.29) is 18.0 Å². The first-order valence-corrected chi connectivity index (χ1v) is 12.4. The molecule has 1 aliphatic carbocycles. The normalized spacial score (nSPS) is 20.6. The quantitative estimate of drug-likeness (QED) is 0.420. The zero-order valence-electron chi connectivity index (χ0n) is 20.8. The van der Waals surface area contributed by atoms with Gasteiger partial charge in [0, 0.05) is 49.6 Å². The summed E-state index contributed by atoms with van der Waals surface area (Å²) in [6.07, 6.45) is 4.64. The first-order valence-electron chi connectivity index (χ1n) is 12.4. The van der Waals surface area contributed by atoms with E-state index in [9.17, 15) is 4.39 Å². The molecule has 2 N–H and O–H groups in total. The minimum atomic E-state index is -0.290. The molecule has 7 heteroatoms. The molecule has 1 heterocycles. The third-order valence-corrected chi connectivity index (χ3v) is 6.48. The maximum atomic E-state index is 13.3. The van der Waals surface area contributed by atoms with Gasteiger partial charge in [-0.15, -0.1) is 0 Å². The largest absolute Gasteiger partial charge is 0.379 e. The second-order valence-electron chi connectivity index (χ2n) is 9.33. The molecule has 2 aliphatic rings. The van der Waals surface area contributed by atoms with Crippen LogP contribution in [0.15, 0.2) is 35.1 Å². The molecule has 0 amide bonds. The lowest BCUT2D eigenvalue weighted by Crippen LogP contribution is -2.36. The number of nitrogens with zero attached hydrogens (tertiary/aromatic N) is 2. The van der Waals surface area contributed by atoms with Crippen molar-refractivity contribution in [2.45, 2.75) is 78.2 Å². The number of aliphatic imine (C=N–C) groups is 1. The van der Waals surface area contributed by atoms with Gasteiger partial charge < -0.3 is 20.3 Å². The topological polar surface area (TPSA) is 81.8 Å². The standard InChI is InChI=1S/C27H39FN4O2/c1-4-26(30)27(15-19(2)29)31-20(3)25-10-5-21(18-34-24-8-6-23(28)7-9-24)16-22(25)17-32-11-13-33-14-12-32/h5-6,10,16,24,27,29-30H,4,7-9,11-15,17-18H2,1-3H3. The van der Waals surface area contributed by atoms with E-state index < -0.39 is 0 Å². The van der Waals surface area contributed by atoms with Gasteiger partial charge in [-0.1, -0.05) is 31.2 Å². The Morgan fingerprint density at radius 2 is 2.03 bits per heavy atom. The van der Waals surface area contributed by atoms with E-state index in [4.69, 9.17) is 25.3 Å². The Morgan fingerprint density at radius 1 is 1.26 bits per heavy atom. The number of morpholine rings is 1. The lowest BCUT2D eigenvalue weighted by Gasteiger charge is -2.28. The Bertz CT molecular complexity index is 921. The summed E-state index contributed by atoms with van der Waals surface area (Å²) in [5.41, 5.74) is 5.36. The van der Waals surface area contributed by atoms with E-state index >= 15 is 0 Å². The van der Waals surface area contributed by atoms with Crippen LogP contribution < -0.4 is 0 Å². The van der Waals surface area contributed by atoms with Crippen LogP contribution in [0.5, 0.6) is 0 Å². The molecule has 0 spiro atoms. The molecule has 1 fully saturated rings. The minimum absolute atomic E-state index is 0.0283. The maximum Gasteiger partial charge on any atom is 0.0961 e. The number of nitrogens with one attached hydrogen (secondary N) is 2. The van der Waals surface area contributed by atoms with Crippen molar-refractivity contribution in [3.05, 3.63) is 46.8 Å². The van der Waals surface area contributed by atoms with Gasteiger partial charge in [-0.2, -0.15) is 0 Å². The van der Waals surface area contributed by atoms with E-state index in [0.717, 1.165) is 56.1 Å². The molecule has 3 rings (SSSR count). The van der Waals surface area contributed by atoms with Gasteiger partial charge in [0.25, 0.3) is 0 Å². The molecule has 0 saturated carbocycles. The van der Waals surface area contributed by atoms with Crippen LogP contribution in [0.4, 0.5) is 4.39 Å². The number of hydrogen-bond donors (Lipinski definition) is 2. The molecule has 1 aromatic carbocycles. The average Bonchev–Trinajstić information content (AvgIpc) is 2.83. The van der Waals surface area contributed by atoms with Gasteiger partial charge in [0.15, 0.2) is 0 Å². The smallest absolute Gasteiger partial charge is 0.0961 e. The molecule has 1 aliphatic heterocycles. The fourth-order valence-corrected chi connectivity index (χ4v) is 4.44. The van der Waals surface area contributed by atoms with Crippen molar-refractivity contribution in [1.29, 1.82) is 10.8 Å². The van der Waals surface area contributed by atoms with Crippen LogP contribution in [-0.4, -0.2) is 60.5 Å². The molecule has 2 atom stereocenters. The van der Waals surface area contributed by atoms with Gasteiger partial charge in [0.05, 0.1) is 37.8 Å². The van der Waals surface area contributed by atoms with Crippen molar-refractivity contribution in [2.75, 3.05) is 26.3 Å². The highest BCUT2D eigenvalue weighted by molar-refractivity contribution is 6.02. The SMILES string of the molecule is CCC(=N)C(CC(C)=N)N=C(C)c1ccc(COC2CC=C(F)CC2)cc1CN1CCOCC1. The van der Waals surface area contributed by atoms with Crippen LogP contribution in [-0.2, 0) is 22.6 Å². The van der Waals surface area contributed by atoms with Crippen molar-refractivity contribution < 1.29 is 13.9 Å². The Kier molecular flexibility index (Phi) is 10.1. The van der Waals surface area contributed by atoms with Crippen LogP contribution >= 0.6 is 0 Å². The van der Waals surface area contributed by atoms with Gasteiger partial charge in [0.1, 0.15) is 0 Å². The number of ether oxygens (including phenoxy) is 2. The summed E-state index contributed by atoms with van der Waals surface area (Å²) in [7, 11) is 0. The number of halogens is 1. The van der Waals surface area contributed by atoms with Gasteiger partial charge in [0.2, 0.25) is 0 Å². The summed E-state index contributed by atoms with van der Waals surface area (Å²) < 4.78 is 24.9.